The van der Waals surface area contributed by atoms with E-state index in [1.807, 2.05) is 0 Å². The number of nitrogens with one attached hydrogen (secondary N) is 1. The van der Waals surface area contributed by atoms with Crippen molar-refractivity contribution in [3.63, 3.8) is 0 Å². The van der Waals surface area contributed by atoms with Crippen LogP contribution in [0.3, 0.4) is 0 Å². The molecule has 1 aromatic heterocycles. The van der Waals surface area contributed by atoms with Crippen LogP contribution in [0.15, 0.2) is 52.8 Å². The van der Waals surface area contributed by atoms with E-state index in [1.54, 1.807) is 30.4 Å². The van der Waals surface area contributed by atoms with Crippen LogP contribution in [0.2, 0.25) is 0 Å². The second-order valence-electron chi connectivity index (χ2n) is 4.44. The number of rotatable bonds is 5. The molecule has 92 valence electrons. The maximum Gasteiger partial charge on any atom is 0.119 e. The van der Waals surface area contributed by atoms with Crippen LogP contribution in [-0.4, -0.2) is 16.0 Å². The van der Waals surface area contributed by atoms with Gasteiger partial charge in [-0.3, -0.25) is 4.98 Å². The summed E-state index contributed by atoms with van der Waals surface area (Å²) in [6, 6.07) is 9.40. The number of nitrogens with zero attached hydrogens (tertiary/aromatic N) is 2. The highest BCUT2D eigenvalue weighted by molar-refractivity contribution is 7.99. The number of benzene rings is 1. The van der Waals surface area contributed by atoms with Gasteiger partial charge in [0.15, 0.2) is 0 Å². The summed E-state index contributed by atoms with van der Waals surface area (Å²) in [4.78, 5) is 9.51. The predicted molar refractivity (Wildman–Crippen MR) is 72.5 cm³/mol. The monoisotopic (exact) mass is 257 g/mol. The molecule has 1 aliphatic rings. The first-order valence-corrected chi connectivity index (χ1v) is 6.98. The van der Waals surface area contributed by atoms with E-state index in [1.165, 1.54) is 23.3 Å². The van der Waals surface area contributed by atoms with Crippen LogP contribution in [0.5, 0.6) is 0 Å². The highest BCUT2D eigenvalue weighted by Gasteiger charge is 2.19. The molecule has 0 radical (unpaired) electrons. The summed E-state index contributed by atoms with van der Waals surface area (Å²) in [5.41, 5.74) is 1.34. The van der Waals surface area contributed by atoms with E-state index >= 15 is 0 Å². The van der Waals surface area contributed by atoms with E-state index in [4.69, 9.17) is 0 Å². The van der Waals surface area contributed by atoms with E-state index in [-0.39, 0.29) is 0 Å². The van der Waals surface area contributed by atoms with Crippen molar-refractivity contribution in [1.29, 1.82) is 0 Å². The van der Waals surface area contributed by atoms with Crippen molar-refractivity contribution in [1.82, 2.24) is 15.3 Å². The highest BCUT2D eigenvalue weighted by atomic mass is 32.2. The summed E-state index contributed by atoms with van der Waals surface area (Å²) in [6.07, 6.45) is 7.86. The van der Waals surface area contributed by atoms with Crippen LogP contribution in [0.25, 0.3) is 0 Å². The van der Waals surface area contributed by atoms with Crippen molar-refractivity contribution >= 4 is 11.8 Å². The Balaban J connectivity index is 1.59. The van der Waals surface area contributed by atoms with Gasteiger partial charge >= 0.3 is 0 Å². The van der Waals surface area contributed by atoms with Gasteiger partial charge in [0.2, 0.25) is 0 Å². The van der Waals surface area contributed by atoms with E-state index < -0.39 is 0 Å². The number of aromatic nitrogens is 2. The lowest BCUT2D eigenvalue weighted by atomic mass is 10.2. The van der Waals surface area contributed by atoms with Gasteiger partial charge in [0.05, 0.1) is 6.20 Å². The lowest BCUT2D eigenvalue weighted by Gasteiger charge is -2.04. The molecule has 2 aromatic rings. The van der Waals surface area contributed by atoms with Gasteiger partial charge in [0.1, 0.15) is 5.03 Å². The zero-order valence-electron chi connectivity index (χ0n) is 10.0. The largest absolute Gasteiger partial charge is 0.310 e. The third-order valence-electron chi connectivity index (χ3n) is 2.86. The second-order valence-corrected chi connectivity index (χ2v) is 5.54. The molecule has 4 heteroatoms. The Morgan fingerprint density at radius 1 is 1.17 bits per heavy atom. The third kappa shape index (κ3) is 3.31. The lowest BCUT2D eigenvalue weighted by Crippen LogP contribution is -2.14. The molecule has 1 aliphatic carbocycles. The van der Waals surface area contributed by atoms with Gasteiger partial charge in [-0.25, -0.2) is 4.98 Å². The van der Waals surface area contributed by atoms with Gasteiger partial charge in [-0.1, -0.05) is 23.9 Å². The first kappa shape index (κ1) is 11.7. The fourth-order valence-corrected chi connectivity index (χ4v) is 2.42. The van der Waals surface area contributed by atoms with Crippen molar-refractivity contribution < 1.29 is 0 Å². The third-order valence-corrected chi connectivity index (χ3v) is 3.79. The molecule has 3 nitrogen and oxygen atoms in total. The minimum absolute atomic E-state index is 0.763. The van der Waals surface area contributed by atoms with Gasteiger partial charge in [-0.15, -0.1) is 0 Å². The average Bonchev–Trinajstić information content (AvgIpc) is 3.23. The maximum atomic E-state index is 4.25. The molecule has 3 rings (SSSR count). The minimum Gasteiger partial charge on any atom is -0.310 e. The molecular weight excluding hydrogens is 242 g/mol. The summed E-state index contributed by atoms with van der Waals surface area (Å²) in [7, 11) is 0. The van der Waals surface area contributed by atoms with Gasteiger partial charge in [-0.05, 0) is 30.5 Å². The number of hydrogen-bond acceptors (Lipinski definition) is 4. The standard InChI is InChI=1S/C14H15N3S/c1-5-13(18-14-10-15-7-8-16-14)6-2-11(1)9-17-12-3-4-12/h1-2,5-8,10,12,17H,3-4,9H2. The quantitative estimate of drug-likeness (QED) is 0.893. The van der Waals surface area contributed by atoms with E-state index in [9.17, 15) is 0 Å². The van der Waals surface area contributed by atoms with Crippen molar-refractivity contribution in [3.8, 4) is 0 Å². The van der Waals surface area contributed by atoms with Crippen LogP contribution in [-0.2, 0) is 6.54 Å². The second kappa shape index (κ2) is 5.50. The van der Waals surface area contributed by atoms with Crippen molar-refractivity contribution in [2.45, 2.75) is 35.3 Å². The Bertz CT molecular complexity index is 494. The smallest absolute Gasteiger partial charge is 0.119 e. The zero-order valence-corrected chi connectivity index (χ0v) is 10.9. The molecule has 1 aromatic carbocycles. The van der Waals surface area contributed by atoms with Crippen LogP contribution in [0.1, 0.15) is 18.4 Å². The first-order chi connectivity index (χ1) is 8.90. The minimum atomic E-state index is 0.763. The molecule has 0 spiro atoms. The van der Waals surface area contributed by atoms with Gasteiger partial charge in [-0.2, -0.15) is 0 Å². The average molecular weight is 257 g/mol. The molecule has 1 heterocycles. The van der Waals surface area contributed by atoms with Crippen molar-refractivity contribution in [2.24, 2.45) is 0 Å². The van der Waals surface area contributed by atoms with Gasteiger partial charge in [0.25, 0.3) is 0 Å². The molecule has 0 aliphatic heterocycles. The molecule has 0 bridgehead atoms. The molecule has 1 saturated carbocycles. The molecule has 0 unspecified atom stereocenters. The summed E-state index contributed by atoms with van der Waals surface area (Å²) in [5, 5.41) is 4.44. The van der Waals surface area contributed by atoms with Crippen LogP contribution in [0.4, 0.5) is 0 Å². The lowest BCUT2D eigenvalue weighted by molar-refractivity contribution is 0.687. The Hall–Kier alpha value is -1.39. The van der Waals surface area contributed by atoms with E-state index in [0.717, 1.165) is 17.6 Å². The van der Waals surface area contributed by atoms with E-state index in [0.29, 0.717) is 0 Å². The maximum absolute atomic E-state index is 4.25. The molecule has 18 heavy (non-hydrogen) atoms. The summed E-state index contributed by atoms with van der Waals surface area (Å²) in [6.45, 7) is 0.973. The summed E-state index contributed by atoms with van der Waals surface area (Å²) < 4.78 is 0. The fourth-order valence-electron chi connectivity index (χ4n) is 1.68. The normalized spacial score (nSPS) is 14.7. The Labute approximate surface area is 111 Å². The molecular formula is C14H15N3S. The van der Waals surface area contributed by atoms with Crippen LogP contribution < -0.4 is 5.32 Å². The van der Waals surface area contributed by atoms with Crippen LogP contribution in [0, 0.1) is 0 Å². The molecule has 1 fully saturated rings. The fraction of sp³-hybridized carbons (Fsp3) is 0.286. The van der Waals surface area contributed by atoms with Crippen molar-refractivity contribution in [2.75, 3.05) is 0 Å². The van der Waals surface area contributed by atoms with Gasteiger partial charge in [0, 0.05) is 29.9 Å². The first-order valence-electron chi connectivity index (χ1n) is 6.16. The van der Waals surface area contributed by atoms with Gasteiger partial charge < -0.3 is 5.32 Å². The summed E-state index contributed by atoms with van der Waals surface area (Å²) >= 11 is 1.64. The molecule has 0 saturated heterocycles. The Morgan fingerprint density at radius 2 is 2.00 bits per heavy atom. The van der Waals surface area contributed by atoms with Crippen molar-refractivity contribution in [3.05, 3.63) is 48.4 Å². The Kier molecular flexibility index (Phi) is 3.57. The highest BCUT2D eigenvalue weighted by Crippen LogP contribution is 2.25. The molecule has 0 atom stereocenters. The zero-order chi connectivity index (χ0) is 12.2. The van der Waals surface area contributed by atoms with Crippen LogP contribution >= 0.6 is 11.8 Å². The Morgan fingerprint density at radius 3 is 2.67 bits per heavy atom. The van der Waals surface area contributed by atoms with E-state index in [2.05, 4.69) is 39.6 Å². The SMILES string of the molecule is c1cnc(Sc2ccc(CNC3CC3)cc2)cn1. The summed E-state index contributed by atoms with van der Waals surface area (Å²) in [5.74, 6) is 0. The topological polar surface area (TPSA) is 37.8 Å². The number of hydrogen-bond donors (Lipinski definition) is 1. The predicted octanol–water partition coefficient (Wildman–Crippen LogP) is 2.88. The molecule has 1 N–H and O–H groups in total. The molecule has 0 amide bonds.